The molecule has 170 valence electrons. The van der Waals surface area contributed by atoms with Crippen LogP contribution in [0.4, 0.5) is 0 Å². The molecule has 0 aliphatic carbocycles. The zero-order valence-corrected chi connectivity index (χ0v) is 19.4. The number of methoxy groups -OCH3 is 3. The number of ether oxygens (including phenoxy) is 3. The van der Waals surface area contributed by atoms with Crippen LogP contribution in [0.5, 0.6) is 17.2 Å². The van der Waals surface area contributed by atoms with Gasteiger partial charge in [-0.25, -0.2) is 0 Å². The van der Waals surface area contributed by atoms with Gasteiger partial charge in [0.1, 0.15) is 0 Å². The van der Waals surface area contributed by atoms with Crippen molar-refractivity contribution < 1.29 is 19.0 Å². The van der Waals surface area contributed by atoms with Crippen molar-refractivity contribution in [2.75, 3.05) is 41.0 Å². The summed E-state index contributed by atoms with van der Waals surface area (Å²) < 4.78 is 16.2. The first kappa shape index (κ1) is 24.5. The molecule has 1 amide bonds. The lowest BCUT2D eigenvalue weighted by atomic mass is 10.0. The lowest BCUT2D eigenvalue weighted by Crippen LogP contribution is -2.45. The van der Waals surface area contributed by atoms with Gasteiger partial charge >= 0.3 is 0 Å². The summed E-state index contributed by atoms with van der Waals surface area (Å²) in [6, 6.07) is 14.5. The summed E-state index contributed by atoms with van der Waals surface area (Å²) in [7, 11) is 4.76. The molecular weight excluding hydrogens is 392 g/mol. The van der Waals surface area contributed by atoms with Crippen LogP contribution in [-0.4, -0.2) is 57.8 Å². The van der Waals surface area contributed by atoms with Crippen molar-refractivity contribution in [1.82, 2.24) is 10.2 Å². The van der Waals surface area contributed by atoms with Crippen molar-refractivity contribution in [3.8, 4) is 17.2 Å². The van der Waals surface area contributed by atoms with E-state index in [0.29, 0.717) is 36.6 Å². The van der Waals surface area contributed by atoms with Gasteiger partial charge in [0, 0.05) is 19.0 Å². The molecule has 1 atom stereocenters. The third-order valence-electron chi connectivity index (χ3n) is 5.54. The molecule has 2 rings (SSSR count). The first-order valence-corrected chi connectivity index (χ1v) is 10.9. The van der Waals surface area contributed by atoms with Gasteiger partial charge in [-0.2, -0.15) is 0 Å². The summed E-state index contributed by atoms with van der Waals surface area (Å²) in [5.41, 5.74) is 2.25. The summed E-state index contributed by atoms with van der Waals surface area (Å²) in [5.74, 6) is 1.79. The number of nitrogens with one attached hydrogen (secondary N) is 1. The Morgan fingerprint density at radius 1 is 0.935 bits per heavy atom. The van der Waals surface area contributed by atoms with E-state index in [1.807, 2.05) is 18.2 Å². The van der Waals surface area contributed by atoms with Crippen LogP contribution in [0.2, 0.25) is 0 Å². The second-order valence-electron chi connectivity index (χ2n) is 7.40. The average molecular weight is 429 g/mol. The highest BCUT2D eigenvalue weighted by molar-refractivity contribution is 5.76. The zero-order chi connectivity index (χ0) is 22.6. The number of benzene rings is 2. The molecule has 0 fully saturated rings. The molecule has 0 aliphatic heterocycles. The van der Waals surface area contributed by atoms with E-state index in [-0.39, 0.29) is 11.9 Å². The highest BCUT2D eigenvalue weighted by Gasteiger charge is 2.18. The van der Waals surface area contributed by atoms with Gasteiger partial charge in [-0.1, -0.05) is 44.2 Å². The van der Waals surface area contributed by atoms with Crippen LogP contribution < -0.4 is 19.5 Å². The number of likely N-dealkylation sites (N-methyl/N-ethyl adjacent to an activating group) is 1. The number of aryl methyl sites for hydroxylation is 1. The summed E-state index contributed by atoms with van der Waals surface area (Å²) in [4.78, 5) is 15.0. The third kappa shape index (κ3) is 7.17. The van der Waals surface area contributed by atoms with Crippen molar-refractivity contribution in [3.63, 3.8) is 0 Å². The standard InChI is InChI=1S/C25H36N2O4/c1-6-27(7-2)21(15-19-11-9-8-10-12-19)18-26-24(28)14-13-20-16-22(29-3)25(31-5)23(17-20)30-4/h8-12,16-17,21H,6-7,13-15,18H2,1-5H3,(H,26,28). The second kappa shape index (κ2) is 12.8. The third-order valence-corrected chi connectivity index (χ3v) is 5.54. The molecular formula is C25H36N2O4. The summed E-state index contributed by atoms with van der Waals surface area (Å²) in [5, 5.41) is 3.13. The van der Waals surface area contributed by atoms with Crippen molar-refractivity contribution in [3.05, 3.63) is 53.6 Å². The number of hydrogen-bond donors (Lipinski definition) is 1. The normalized spacial score (nSPS) is 11.8. The van der Waals surface area contributed by atoms with Gasteiger partial charge in [0.2, 0.25) is 11.7 Å². The van der Waals surface area contributed by atoms with Crippen LogP contribution in [0.1, 0.15) is 31.4 Å². The highest BCUT2D eigenvalue weighted by atomic mass is 16.5. The van der Waals surface area contributed by atoms with E-state index in [0.717, 1.165) is 25.1 Å². The molecule has 0 radical (unpaired) electrons. The lowest BCUT2D eigenvalue weighted by molar-refractivity contribution is -0.121. The topological polar surface area (TPSA) is 60.0 Å². The number of carbonyl (C=O) groups excluding carboxylic acids is 1. The molecule has 0 aromatic heterocycles. The van der Waals surface area contributed by atoms with Gasteiger partial charge in [0.25, 0.3) is 0 Å². The molecule has 0 spiro atoms. The molecule has 0 bridgehead atoms. The van der Waals surface area contributed by atoms with Crippen LogP contribution in [-0.2, 0) is 17.6 Å². The minimum absolute atomic E-state index is 0.0407. The monoisotopic (exact) mass is 428 g/mol. The fraction of sp³-hybridized carbons (Fsp3) is 0.480. The Labute approximate surface area is 186 Å². The summed E-state index contributed by atoms with van der Waals surface area (Å²) >= 11 is 0. The van der Waals surface area contributed by atoms with Gasteiger partial charge in [-0.05, 0) is 49.2 Å². The number of nitrogens with zero attached hydrogens (tertiary/aromatic N) is 1. The maximum atomic E-state index is 12.6. The van der Waals surface area contributed by atoms with E-state index in [1.54, 1.807) is 21.3 Å². The molecule has 1 unspecified atom stereocenters. The minimum atomic E-state index is 0.0407. The first-order chi connectivity index (χ1) is 15.1. The molecule has 0 saturated carbocycles. The molecule has 6 nitrogen and oxygen atoms in total. The van der Waals surface area contributed by atoms with Crippen molar-refractivity contribution >= 4 is 5.91 Å². The van der Waals surface area contributed by atoms with E-state index in [4.69, 9.17) is 14.2 Å². The van der Waals surface area contributed by atoms with E-state index in [1.165, 1.54) is 5.56 Å². The fourth-order valence-corrected chi connectivity index (χ4v) is 3.81. The first-order valence-electron chi connectivity index (χ1n) is 10.9. The Morgan fingerprint density at radius 2 is 1.55 bits per heavy atom. The van der Waals surface area contributed by atoms with Crippen molar-refractivity contribution in [2.45, 2.75) is 39.2 Å². The highest BCUT2D eigenvalue weighted by Crippen LogP contribution is 2.38. The molecule has 0 aliphatic rings. The van der Waals surface area contributed by atoms with Crippen LogP contribution in [0.3, 0.4) is 0 Å². The Balaban J connectivity index is 1.97. The molecule has 0 saturated heterocycles. The smallest absolute Gasteiger partial charge is 0.220 e. The van der Waals surface area contributed by atoms with E-state index < -0.39 is 0 Å². The summed E-state index contributed by atoms with van der Waals surface area (Å²) in [6.45, 7) is 6.86. The number of carbonyl (C=O) groups is 1. The Bertz CT molecular complexity index is 781. The number of amides is 1. The lowest BCUT2D eigenvalue weighted by Gasteiger charge is -2.30. The van der Waals surface area contributed by atoms with Gasteiger partial charge in [0.15, 0.2) is 11.5 Å². The molecule has 2 aromatic carbocycles. The van der Waals surface area contributed by atoms with Gasteiger partial charge < -0.3 is 19.5 Å². The predicted octanol–water partition coefficient (Wildman–Crippen LogP) is 3.71. The average Bonchev–Trinajstić information content (AvgIpc) is 2.81. The molecule has 0 heterocycles. The maximum Gasteiger partial charge on any atom is 0.220 e. The quantitative estimate of drug-likeness (QED) is 0.527. The van der Waals surface area contributed by atoms with Crippen LogP contribution in [0, 0.1) is 0 Å². The SMILES string of the molecule is CCN(CC)C(CNC(=O)CCc1cc(OC)c(OC)c(OC)c1)Cc1ccccc1. The Kier molecular flexibility index (Phi) is 10.2. The van der Waals surface area contributed by atoms with Gasteiger partial charge in [-0.3, -0.25) is 9.69 Å². The van der Waals surface area contributed by atoms with Gasteiger partial charge in [-0.15, -0.1) is 0 Å². The van der Waals surface area contributed by atoms with Crippen LogP contribution in [0.15, 0.2) is 42.5 Å². The van der Waals surface area contributed by atoms with Crippen molar-refractivity contribution in [1.29, 1.82) is 0 Å². The maximum absolute atomic E-state index is 12.6. The molecule has 2 aromatic rings. The van der Waals surface area contributed by atoms with Crippen molar-refractivity contribution in [2.24, 2.45) is 0 Å². The Morgan fingerprint density at radius 3 is 2.06 bits per heavy atom. The zero-order valence-electron chi connectivity index (χ0n) is 19.4. The second-order valence-corrected chi connectivity index (χ2v) is 7.40. The Hall–Kier alpha value is -2.73. The fourth-order valence-electron chi connectivity index (χ4n) is 3.81. The van der Waals surface area contributed by atoms with Crippen LogP contribution >= 0.6 is 0 Å². The van der Waals surface area contributed by atoms with E-state index in [2.05, 4.69) is 48.3 Å². The summed E-state index contributed by atoms with van der Waals surface area (Å²) in [6.07, 6.45) is 1.90. The van der Waals surface area contributed by atoms with Gasteiger partial charge in [0.05, 0.1) is 21.3 Å². The molecule has 31 heavy (non-hydrogen) atoms. The largest absolute Gasteiger partial charge is 0.493 e. The molecule has 6 heteroatoms. The van der Waals surface area contributed by atoms with Crippen LogP contribution in [0.25, 0.3) is 0 Å². The molecule has 1 N–H and O–H groups in total. The minimum Gasteiger partial charge on any atom is -0.493 e. The van der Waals surface area contributed by atoms with E-state index >= 15 is 0 Å². The number of hydrogen-bond acceptors (Lipinski definition) is 5. The van der Waals surface area contributed by atoms with E-state index in [9.17, 15) is 4.79 Å². The predicted molar refractivity (Wildman–Crippen MR) is 124 cm³/mol. The number of rotatable bonds is 13.